The lowest BCUT2D eigenvalue weighted by molar-refractivity contribution is -0.136. The summed E-state index contributed by atoms with van der Waals surface area (Å²) >= 11 is 0. The molecule has 100 valence electrons. The molecule has 4 heteroatoms. The minimum Gasteiger partial charge on any atom is -0.476 e. The zero-order chi connectivity index (χ0) is 14.5. The molecule has 1 atom stereocenters. The van der Waals surface area contributed by atoms with Crippen molar-refractivity contribution in [2.45, 2.75) is 6.10 Å². The number of ether oxygens (including phenoxy) is 1. The Balaban J connectivity index is 2.28. The maximum absolute atomic E-state index is 12.3. The van der Waals surface area contributed by atoms with E-state index < -0.39 is 6.10 Å². The summed E-state index contributed by atoms with van der Waals surface area (Å²) in [5.74, 6) is 0.510. The Morgan fingerprint density at radius 1 is 1.05 bits per heavy atom. The predicted octanol–water partition coefficient (Wildman–Crippen LogP) is 1.69. The SMILES string of the molecule is [B]c1ccc(OC(C(=O)N(C)C)c2ccccc2)cc1. The second-order valence-corrected chi connectivity index (χ2v) is 4.71. The minimum atomic E-state index is -0.658. The van der Waals surface area contributed by atoms with Gasteiger partial charge >= 0.3 is 0 Å². The number of nitrogens with zero attached hydrogens (tertiary/aromatic N) is 1. The quantitative estimate of drug-likeness (QED) is 0.787. The van der Waals surface area contributed by atoms with Gasteiger partial charge in [0.2, 0.25) is 6.10 Å². The predicted molar refractivity (Wildman–Crippen MR) is 80.3 cm³/mol. The van der Waals surface area contributed by atoms with E-state index in [0.717, 1.165) is 5.56 Å². The van der Waals surface area contributed by atoms with E-state index in [2.05, 4.69) is 0 Å². The highest BCUT2D eigenvalue weighted by Crippen LogP contribution is 2.22. The maximum Gasteiger partial charge on any atom is 0.267 e. The molecule has 0 fully saturated rings. The van der Waals surface area contributed by atoms with Gasteiger partial charge in [0.05, 0.1) is 0 Å². The Morgan fingerprint density at radius 3 is 2.20 bits per heavy atom. The van der Waals surface area contributed by atoms with Crippen molar-refractivity contribution in [3.63, 3.8) is 0 Å². The van der Waals surface area contributed by atoms with Crippen LogP contribution in [0.4, 0.5) is 0 Å². The number of hydrogen-bond donors (Lipinski definition) is 0. The molecule has 2 aromatic carbocycles. The number of benzene rings is 2. The highest BCUT2D eigenvalue weighted by molar-refractivity contribution is 6.32. The number of carbonyl (C=O) groups excluding carboxylic acids is 1. The smallest absolute Gasteiger partial charge is 0.267 e. The first kappa shape index (κ1) is 14.2. The fourth-order valence-electron chi connectivity index (χ4n) is 1.81. The van der Waals surface area contributed by atoms with E-state index in [1.807, 2.05) is 30.3 Å². The molecule has 1 unspecified atom stereocenters. The van der Waals surface area contributed by atoms with Crippen molar-refractivity contribution in [3.05, 3.63) is 60.2 Å². The van der Waals surface area contributed by atoms with Gasteiger partial charge in [-0.2, -0.15) is 0 Å². The van der Waals surface area contributed by atoms with Crippen LogP contribution in [0.25, 0.3) is 0 Å². The largest absolute Gasteiger partial charge is 0.476 e. The van der Waals surface area contributed by atoms with Gasteiger partial charge in [0.15, 0.2) is 0 Å². The zero-order valence-electron chi connectivity index (χ0n) is 11.6. The van der Waals surface area contributed by atoms with E-state index in [0.29, 0.717) is 11.2 Å². The molecule has 0 spiro atoms. The molecule has 0 saturated heterocycles. The van der Waals surface area contributed by atoms with Crippen molar-refractivity contribution in [1.29, 1.82) is 0 Å². The molecule has 2 rings (SSSR count). The third kappa shape index (κ3) is 3.41. The van der Waals surface area contributed by atoms with Crippen LogP contribution >= 0.6 is 0 Å². The summed E-state index contributed by atoms with van der Waals surface area (Å²) in [6.07, 6.45) is -0.658. The van der Waals surface area contributed by atoms with Gasteiger partial charge in [-0.25, -0.2) is 0 Å². The lowest BCUT2D eigenvalue weighted by Gasteiger charge is -2.22. The van der Waals surface area contributed by atoms with E-state index in [1.165, 1.54) is 4.90 Å². The van der Waals surface area contributed by atoms with Crippen LogP contribution in [0.2, 0.25) is 0 Å². The molecule has 0 aromatic heterocycles. The molecular formula is C16H16BNO2. The molecule has 0 aliphatic rings. The lowest BCUT2D eigenvalue weighted by Crippen LogP contribution is -2.31. The highest BCUT2D eigenvalue weighted by Gasteiger charge is 2.24. The van der Waals surface area contributed by atoms with Crippen LogP contribution in [0.3, 0.4) is 0 Å². The van der Waals surface area contributed by atoms with Crippen LogP contribution in [-0.4, -0.2) is 32.7 Å². The molecule has 3 nitrogen and oxygen atoms in total. The monoisotopic (exact) mass is 265 g/mol. The summed E-state index contributed by atoms with van der Waals surface area (Å²) < 4.78 is 5.83. The summed E-state index contributed by atoms with van der Waals surface area (Å²) in [4.78, 5) is 13.8. The molecule has 2 aromatic rings. The van der Waals surface area contributed by atoms with E-state index >= 15 is 0 Å². The van der Waals surface area contributed by atoms with Crippen molar-refractivity contribution in [2.75, 3.05) is 14.1 Å². The maximum atomic E-state index is 12.3. The van der Waals surface area contributed by atoms with Gasteiger partial charge in [-0.05, 0) is 12.1 Å². The molecular weight excluding hydrogens is 249 g/mol. The van der Waals surface area contributed by atoms with Gasteiger partial charge < -0.3 is 9.64 Å². The molecule has 0 heterocycles. The third-order valence-electron chi connectivity index (χ3n) is 2.90. The summed E-state index contributed by atoms with van der Waals surface area (Å²) in [5, 5.41) is 0. The molecule has 0 aliphatic carbocycles. The average Bonchev–Trinajstić information content (AvgIpc) is 2.47. The minimum absolute atomic E-state index is 0.104. The van der Waals surface area contributed by atoms with Gasteiger partial charge in [-0.15, -0.1) is 0 Å². The second kappa shape index (κ2) is 6.28. The normalized spacial score (nSPS) is 11.7. The zero-order valence-corrected chi connectivity index (χ0v) is 11.6. The molecule has 20 heavy (non-hydrogen) atoms. The molecule has 0 saturated carbocycles. The topological polar surface area (TPSA) is 29.5 Å². The summed E-state index contributed by atoms with van der Waals surface area (Å²) in [7, 11) is 9.07. The number of rotatable bonds is 4. The summed E-state index contributed by atoms with van der Waals surface area (Å²) in [6.45, 7) is 0. The molecule has 1 amide bonds. The van der Waals surface area contributed by atoms with E-state index in [1.54, 1.807) is 38.4 Å². The molecule has 0 bridgehead atoms. The fourth-order valence-corrected chi connectivity index (χ4v) is 1.81. The number of carbonyl (C=O) groups is 1. The number of hydrogen-bond acceptors (Lipinski definition) is 2. The van der Waals surface area contributed by atoms with Crippen LogP contribution in [0.15, 0.2) is 54.6 Å². The van der Waals surface area contributed by atoms with Gasteiger partial charge in [0.25, 0.3) is 5.91 Å². The number of amides is 1. The van der Waals surface area contributed by atoms with Crippen molar-refractivity contribution in [2.24, 2.45) is 0 Å². The second-order valence-electron chi connectivity index (χ2n) is 4.71. The van der Waals surface area contributed by atoms with Gasteiger partial charge in [-0.1, -0.05) is 47.9 Å². The third-order valence-corrected chi connectivity index (χ3v) is 2.90. The first-order valence-electron chi connectivity index (χ1n) is 6.36. The van der Waals surface area contributed by atoms with Crippen LogP contribution in [0.5, 0.6) is 5.75 Å². The molecule has 0 N–H and O–H groups in total. The van der Waals surface area contributed by atoms with Crippen molar-refractivity contribution < 1.29 is 9.53 Å². The first-order valence-corrected chi connectivity index (χ1v) is 6.36. The summed E-state index contributed by atoms with van der Waals surface area (Å²) in [5.41, 5.74) is 1.48. The van der Waals surface area contributed by atoms with Crippen LogP contribution in [0, 0.1) is 0 Å². The van der Waals surface area contributed by atoms with E-state index in [-0.39, 0.29) is 5.91 Å². The first-order chi connectivity index (χ1) is 9.58. The van der Waals surface area contributed by atoms with Crippen molar-refractivity contribution in [1.82, 2.24) is 4.90 Å². The van der Waals surface area contributed by atoms with E-state index in [4.69, 9.17) is 12.6 Å². The van der Waals surface area contributed by atoms with Crippen LogP contribution < -0.4 is 10.2 Å². The van der Waals surface area contributed by atoms with Crippen molar-refractivity contribution >= 4 is 19.2 Å². The van der Waals surface area contributed by atoms with Gasteiger partial charge in [0, 0.05) is 19.7 Å². The average molecular weight is 265 g/mol. The fraction of sp³-hybridized carbons (Fsp3) is 0.188. The Kier molecular flexibility index (Phi) is 4.46. The Hall–Kier alpha value is -2.23. The van der Waals surface area contributed by atoms with Crippen LogP contribution in [0.1, 0.15) is 11.7 Å². The highest BCUT2D eigenvalue weighted by atomic mass is 16.5. The molecule has 2 radical (unpaired) electrons. The van der Waals surface area contributed by atoms with Crippen molar-refractivity contribution in [3.8, 4) is 5.75 Å². The Morgan fingerprint density at radius 2 is 1.65 bits per heavy atom. The van der Waals surface area contributed by atoms with Crippen LogP contribution in [-0.2, 0) is 4.79 Å². The number of likely N-dealkylation sites (N-methyl/N-ethyl adjacent to an activating group) is 1. The standard InChI is InChI=1S/C16H16BNO2/c1-18(2)16(19)15(12-6-4-3-5-7-12)20-14-10-8-13(17)9-11-14/h3-11,15H,1-2H3. The Labute approximate surface area is 120 Å². The van der Waals surface area contributed by atoms with Gasteiger partial charge in [-0.3, -0.25) is 4.79 Å². The van der Waals surface area contributed by atoms with Gasteiger partial charge in [0.1, 0.15) is 13.6 Å². The lowest BCUT2D eigenvalue weighted by atomic mass is 9.97. The summed E-state index contributed by atoms with van der Waals surface area (Å²) in [6, 6.07) is 16.4. The van der Waals surface area contributed by atoms with E-state index in [9.17, 15) is 4.79 Å². The molecule has 0 aliphatic heterocycles. The Bertz CT molecular complexity index is 567.